The van der Waals surface area contributed by atoms with E-state index in [0.29, 0.717) is 6.04 Å². The fraction of sp³-hybridized carbons (Fsp3) is 0.632. The summed E-state index contributed by atoms with van der Waals surface area (Å²) in [6.45, 7) is 7.99. The summed E-state index contributed by atoms with van der Waals surface area (Å²) in [4.78, 5) is 16.4. The number of carboxylic acids is 1. The second-order valence-electron chi connectivity index (χ2n) is 7.18. The maximum atomic E-state index is 11.8. The molecule has 2 fully saturated rings. The molecule has 1 N–H and O–H groups in total. The highest BCUT2D eigenvalue weighted by atomic mass is 16.5. The Kier molecular flexibility index (Phi) is 5.41. The smallest absolute Gasteiger partial charge is 0.325 e. The van der Waals surface area contributed by atoms with Gasteiger partial charge in [-0.3, -0.25) is 14.6 Å². The van der Waals surface area contributed by atoms with E-state index in [4.69, 9.17) is 4.74 Å². The number of hydrogen-bond donors (Lipinski definition) is 1. The Morgan fingerprint density at radius 2 is 1.75 bits per heavy atom. The first kappa shape index (κ1) is 17.2. The summed E-state index contributed by atoms with van der Waals surface area (Å²) >= 11 is 0. The quantitative estimate of drug-likeness (QED) is 0.868. The zero-order chi connectivity index (χ0) is 17.1. The number of hydrogen-bond acceptors (Lipinski definition) is 4. The molecule has 0 spiro atoms. The summed E-state index contributed by atoms with van der Waals surface area (Å²) in [5, 5.41) is 9.69. The van der Waals surface area contributed by atoms with Crippen LogP contribution in [0.5, 0.6) is 5.75 Å². The molecule has 0 radical (unpaired) electrons. The molecule has 24 heavy (non-hydrogen) atoms. The molecule has 0 aliphatic carbocycles. The fourth-order valence-corrected chi connectivity index (χ4v) is 3.72. The van der Waals surface area contributed by atoms with Crippen LogP contribution in [0.1, 0.15) is 44.7 Å². The van der Waals surface area contributed by atoms with Gasteiger partial charge in [0.15, 0.2) is 0 Å². The lowest BCUT2D eigenvalue weighted by atomic mass is 9.96. The van der Waals surface area contributed by atoms with Crippen LogP contribution in [0.4, 0.5) is 0 Å². The monoisotopic (exact) mass is 332 g/mol. The third-order valence-electron chi connectivity index (χ3n) is 4.96. The van der Waals surface area contributed by atoms with E-state index in [1.807, 2.05) is 38.1 Å². The third kappa shape index (κ3) is 3.90. The average Bonchev–Trinajstić information content (AvgIpc) is 2.51. The predicted octanol–water partition coefficient (Wildman–Crippen LogP) is 2.77. The number of rotatable bonds is 6. The van der Waals surface area contributed by atoms with Crippen LogP contribution in [0.3, 0.4) is 0 Å². The molecule has 1 aromatic rings. The van der Waals surface area contributed by atoms with E-state index < -0.39 is 12.0 Å². The van der Waals surface area contributed by atoms with Gasteiger partial charge >= 0.3 is 5.97 Å². The van der Waals surface area contributed by atoms with Crippen LogP contribution in [0, 0.1) is 0 Å². The third-order valence-corrected chi connectivity index (χ3v) is 4.96. The summed E-state index contributed by atoms with van der Waals surface area (Å²) in [6, 6.07) is 7.46. The van der Waals surface area contributed by atoms with E-state index in [9.17, 15) is 9.90 Å². The molecular weight excluding hydrogens is 304 g/mol. The highest BCUT2D eigenvalue weighted by Gasteiger charge is 2.39. The van der Waals surface area contributed by atoms with Crippen molar-refractivity contribution in [2.24, 2.45) is 0 Å². The summed E-state index contributed by atoms with van der Waals surface area (Å²) in [6.07, 6.45) is 3.99. The minimum Gasteiger partial charge on any atom is -0.491 e. The first-order valence-electron chi connectivity index (χ1n) is 9.02. The number of ether oxygens (including phenoxy) is 1. The molecular formula is C19H28N2O3. The molecule has 2 aliphatic rings. The lowest BCUT2D eigenvalue weighted by Crippen LogP contribution is -2.61. The Morgan fingerprint density at radius 1 is 1.12 bits per heavy atom. The van der Waals surface area contributed by atoms with E-state index in [0.717, 1.165) is 37.5 Å². The SMILES string of the molecule is CC(C)Oc1ccc(C(C(=O)O)N2CC(N3CCCCC3)C2)cc1. The normalized spacial score (nSPS) is 21.5. The molecule has 5 nitrogen and oxygen atoms in total. The lowest BCUT2D eigenvalue weighted by Gasteiger charge is -2.48. The first-order valence-corrected chi connectivity index (χ1v) is 9.02. The van der Waals surface area contributed by atoms with Gasteiger partial charge in [0, 0.05) is 19.1 Å². The van der Waals surface area contributed by atoms with Gasteiger partial charge in [-0.15, -0.1) is 0 Å². The Labute approximate surface area is 144 Å². The van der Waals surface area contributed by atoms with Crippen LogP contribution in [0.15, 0.2) is 24.3 Å². The second-order valence-corrected chi connectivity index (χ2v) is 7.18. The maximum absolute atomic E-state index is 11.8. The molecule has 0 bridgehead atoms. The number of aliphatic carboxylic acids is 1. The molecule has 1 atom stereocenters. The van der Waals surface area contributed by atoms with Crippen LogP contribution in [-0.4, -0.2) is 59.2 Å². The van der Waals surface area contributed by atoms with Gasteiger partial charge in [0.05, 0.1) is 6.10 Å². The van der Waals surface area contributed by atoms with Crippen LogP contribution >= 0.6 is 0 Å². The summed E-state index contributed by atoms with van der Waals surface area (Å²) in [5.41, 5.74) is 0.829. The Hall–Kier alpha value is -1.59. The van der Waals surface area contributed by atoms with Gasteiger partial charge in [0.2, 0.25) is 0 Å². The van der Waals surface area contributed by atoms with E-state index in [-0.39, 0.29) is 6.10 Å². The van der Waals surface area contributed by atoms with Crippen molar-refractivity contribution >= 4 is 5.97 Å². The van der Waals surface area contributed by atoms with E-state index in [1.165, 1.54) is 19.3 Å². The molecule has 3 rings (SSSR count). The Balaban J connectivity index is 1.62. The van der Waals surface area contributed by atoms with Gasteiger partial charge < -0.3 is 9.84 Å². The summed E-state index contributed by atoms with van der Waals surface area (Å²) in [5.74, 6) is 0.0114. The molecule has 2 aliphatic heterocycles. The number of benzene rings is 1. The van der Waals surface area contributed by atoms with Crippen molar-refractivity contribution < 1.29 is 14.6 Å². The predicted molar refractivity (Wildman–Crippen MR) is 93.4 cm³/mol. The van der Waals surface area contributed by atoms with Crippen molar-refractivity contribution in [3.8, 4) is 5.75 Å². The minimum atomic E-state index is -0.773. The molecule has 2 saturated heterocycles. The molecule has 0 saturated carbocycles. The van der Waals surface area contributed by atoms with Crippen molar-refractivity contribution in [2.75, 3.05) is 26.2 Å². The van der Waals surface area contributed by atoms with Crippen LogP contribution in [-0.2, 0) is 4.79 Å². The standard InChI is InChI=1S/C19H28N2O3/c1-14(2)24-17-8-6-15(7-9-17)18(19(22)23)21-12-16(13-21)20-10-4-3-5-11-20/h6-9,14,16,18H,3-5,10-13H2,1-2H3,(H,22,23). The van der Waals surface area contributed by atoms with Gasteiger partial charge in [-0.1, -0.05) is 18.6 Å². The highest BCUT2D eigenvalue weighted by molar-refractivity contribution is 5.75. The van der Waals surface area contributed by atoms with E-state index in [2.05, 4.69) is 9.80 Å². The molecule has 1 aromatic carbocycles. The van der Waals surface area contributed by atoms with Crippen LogP contribution in [0.2, 0.25) is 0 Å². The number of piperidine rings is 1. The fourth-order valence-electron chi connectivity index (χ4n) is 3.72. The number of likely N-dealkylation sites (tertiary alicyclic amines) is 2. The molecule has 2 heterocycles. The summed E-state index contributed by atoms with van der Waals surface area (Å²) in [7, 11) is 0. The van der Waals surface area contributed by atoms with Gasteiger partial charge in [-0.25, -0.2) is 0 Å². The molecule has 1 unspecified atom stereocenters. The van der Waals surface area contributed by atoms with Gasteiger partial charge in [-0.05, 0) is 57.5 Å². The van der Waals surface area contributed by atoms with E-state index >= 15 is 0 Å². The van der Waals surface area contributed by atoms with Crippen molar-refractivity contribution in [1.29, 1.82) is 0 Å². The number of carbonyl (C=O) groups is 1. The summed E-state index contributed by atoms with van der Waals surface area (Å²) < 4.78 is 5.64. The van der Waals surface area contributed by atoms with E-state index in [1.54, 1.807) is 0 Å². The van der Waals surface area contributed by atoms with Gasteiger partial charge in [-0.2, -0.15) is 0 Å². The Morgan fingerprint density at radius 3 is 2.29 bits per heavy atom. The zero-order valence-corrected chi connectivity index (χ0v) is 14.6. The largest absolute Gasteiger partial charge is 0.491 e. The Bertz CT molecular complexity index is 546. The maximum Gasteiger partial charge on any atom is 0.325 e. The van der Waals surface area contributed by atoms with Crippen molar-refractivity contribution in [2.45, 2.75) is 51.3 Å². The van der Waals surface area contributed by atoms with Crippen molar-refractivity contribution in [1.82, 2.24) is 9.80 Å². The minimum absolute atomic E-state index is 0.117. The molecule has 0 aromatic heterocycles. The molecule has 132 valence electrons. The second kappa shape index (κ2) is 7.53. The molecule has 5 heteroatoms. The van der Waals surface area contributed by atoms with Crippen LogP contribution in [0.25, 0.3) is 0 Å². The highest BCUT2D eigenvalue weighted by Crippen LogP contribution is 2.30. The van der Waals surface area contributed by atoms with Crippen LogP contribution < -0.4 is 4.74 Å². The van der Waals surface area contributed by atoms with Crippen molar-refractivity contribution in [3.05, 3.63) is 29.8 Å². The number of nitrogens with zero attached hydrogens (tertiary/aromatic N) is 2. The van der Waals surface area contributed by atoms with Gasteiger partial charge in [0.25, 0.3) is 0 Å². The zero-order valence-electron chi connectivity index (χ0n) is 14.6. The topological polar surface area (TPSA) is 53.0 Å². The average molecular weight is 332 g/mol. The van der Waals surface area contributed by atoms with Crippen molar-refractivity contribution in [3.63, 3.8) is 0 Å². The first-order chi connectivity index (χ1) is 11.5. The lowest BCUT2D eigenvalue weighted by molar-refractivity contribution is -0.147. The number of carboxylic acid groups (broad SMARTS) is 1. The molecule has 0 amide bonds. The van der Waals surface area contributed by atoms with Gasteiger partial charge in [0.1, 0.15) is 11.8 Å².